The van der Waals surface area contributed by atoms with Crippen LogP contribution >= 0.6 is 15.9 Å². The molecule has 5 aromatic heterocycles. The van der Waals surface area contributed by atoms with Crippen LogP contribution in [-0.2, 0) is 6.42 Å². The second-order valence-electron chi connectivity index (χ2n) is 10.1. The van der Waals surface area contributed by atoms with Crippen molar-refractivity contribution in [2.45, 2.75) is 25.3 Å². The second kappa shape index (κ2) is 10.9. The highest BCUT2D eigenvalue weighted by Crippen LogP contribution is 2.37. The zero-order valence-electron chi connectivity index (χ0n) is 22.6. The number of carbonyl (C=O) groups is 1. The third kappa shape index (κ3) is 4.86. The van der Waals surface area contributed by atoms with Gasteiger partial charge in [-0.3, -0.25) is 14.3 Å². The number of amides is 1. The van der Waals surface area contributed by atoms with E-state index in [0.717, 1.165) is 29.1 Å². The van der Waals surface area contributed by atoms with Crippen LogP contribution in [0.15, 0.2) is 77.7 Å². The quantitative estimate of drug-likeness (QED) is 0.228. The molecule has 1 aliphatic rings. The Morgan fingerprint density at radius 1 is 1.09 bits per heavy atom. The van der Waals surface area contributed by atoms with Gasteiger partial charge in [-0.15, -0.1) is 5.10 Å². The third-order valence-corrected chi connectivity index (χ3v) is 8.07. The smallest absolute Gasteiger partial charge is 0.280 e. The van der Waals surface area contributed by atoms with Gasteiger partial charge in [0.05, 0.1) is 21.6 Å². The van der Waals surface area contributed by atoms with Crippen molar-refractivity contribution >= 4 is 38.8 Å². The number of anilines is 1. The molecule has 0 unspecified atom stereocenters. The van der Waals surface area contributed by atoms with Crippen LogP contribution in [0.5, 0.6) is 0 Å². The molecule has 0 saturated heterocycles. The highest BCUT2D eigenvalue weighted by Gasteiger charge is 2.27. The first-order valence-electron chi connectivity index (χ1n) is 13.5. The largest absolute Gasteiger partial charge is 0.383 e. The van der Waals surface area contributed by atoms with E-state index in [1.165, 1.54) is 23.0 Å². The standard InChI is InChI=1S/C30H21BrF3N9O/c31-20-13-24(42-11-9-23(32)41-42)39-29-25(20)40-28(19-2-1-10-36-27(19)35)43(29)17-5-6-18-15(12-17)3-7-21(18)38-30(44)16-4-8-22(26(33)34)37-14-16/h1-2,4-6,8-14,21,26H,3,7H2,(H2,35,36)(H,38,44)/t21-/m0/s1. The monoisotopic (exact) mass is 659 g/mol. The van der Waals surface area contributed by atoms with Gasteiger partial charge in [-0.25, -0.2) is 28.4 Å². The van der Waals surface area contributed by atoms with Crippen LogP contribution in [0.25, 0.3) is 34.1 Å². The molecule has 7 rings (SSSR count). The Morgan fingerprint density at radius 2 is 1.95 bits per heavy atom. The second-order valence-corrected chi connectivity index (χ2v) is 11.0. The number of alkyl halides is 2. The molecule has 3 N–H and O–H groups in total. The SMILES string of the molecule is Nc1ncccc1-c1nc2c(Br)cc(-n3ccc(F)n3)nc2n1-c1ccc2c(c1)CC[C@@H]2NC(=O)c1ccc(C(F)F)nc1. The molecule has 10 nitrogen and oxygen atoms in total. The number of hydrogen-bond donors (Lipinski definition) is 2. The van der Waals surface area contributed by atoms with E-state index in [-0.39, 0.29) is 23.1 Å². The van der Waals surface area contributed by atoms with Crippen LogP contribution in [-0.4, -0.2) is 40.2 Å². The first-order chi connectivity index (χ1) is 21.3. The summed E-state index contributed by atoms with van der Waals surface area (Å²) in [5.41, 5.74) is 10.4. The predicted octanol–water partition coefficient (Wildman–Crippen LogP) is 5.90. The highest BCUT2D eigenvalue weighted by atomic mass is 79.9. The normalized spacial score (nSPS) is 14.3. The lowest BCUT2D eigenvalue weighted by atomic mass is 10.1. The minimum absolute atomic E-state index is 0.201. The first-order valence-corrected chi connectivity index (χ1v) is 14.3. The number of hydrogen-bond acceptors (Lipinski definition) is 7. The van der Waals surface area contributed by atoms with Gasteiger partial charge in [0.25, 0.3) is 12.3 Å². The average Bonchev–Trinajstić information content (AvgIpc) is 3.74. The van der Waals surface area contributed by atoms with Gasteiger partial charge in [-0.2, -0.15) is 4.39 Å². The molecule has 1 amide bonds. The maximum Gasteiger partial charge on any atom is 0.280 e. The van der Waals surface area contributed by atoms with Gasteiger partial charge in [0.2, 0.25) is 5.95 Å². The number of nitrogens with two attached hydrogens (primary N) is 1. The van der Waals surface area contributed by atoms with Crippen LogP contribution in [0, 0.1) is 5.95 Å². The van der Waals surface area contributed by atoms with Crippen LogP contribution in [0.1, 0.15) is 46.1 Å². The summed E-state index contributed by atoms with van der Waals surface area (Å²) in [5, 5.41) is 6.85. The summed E-state index contributed by atoms with van der Waals surface area (Å²) in [6.45, 7) is 0. The van der Waals surface area contributed by atoms with E-state index in [9.17, 15) is 18.0 Å². The molecule has 0 radical (unpaired) electrons. The number of imidazole rings is 1. The lowest BCUT2D eigenvalue weighted by Crippen LogP contribution is -2.27. The van der Waals surface area contributed by atoms with Crippen LogP contribution < -0.4 is 11.1 Å². The van der Waals surface area contributed by atoms with Crippen molar-refractivity contribution in [1.82, 2.24) is 39.6 Å². The lowest BCUT2D eigenvalue weighted by Gasteiger charge is -2.16. The Bertz CT molecular complexity index is 2060. The lowest BCUT2D eigenvalue weighted by molar-refractivity contribution is 0.0935. The number of nitrogens with zero attached hydrogens (tertiary/aromatic N) is 7. The Morgan fingerprint density at radius 3 is 2.68 bits per heavy atom. The van der Waals surface area contributed by atoms with E-state index < -0.39 is 18.3 Å². The molecule has 0 aliphatic heterocycles. The van der Waals surface area contributed by atoms with Crippen molar-refractivity contribution in [2.24, 2.45) is 0 Å². The molecule has 14 heteroatoms. The summed E-state index contributed by atoms with van der Waals surface area (Å²) < 4.78 is 43.3. The average molecular weight is 660 g/mol. The summed E-state index contributed by atoms with van der Waals surface area (Å²) >= 11 is 3.59. The van der Waals surface area contributed by atoms with Gasteiger partial charge in [0, 0.05) is 30.3 Å². The molecule has 1 atom stereocenters. The van der Waals surface area contributed by atoms with Gasteiger partial charge in [-0.1, -0.05) is 6.07 Å². The zero-order valence-corrected chi connectivity index (χ0v) is 24.2. The summed E-state index contributed by atoms with van der Waals surface area (Å²) in [5.74, 6) is 0.133. The molecule has 44 heavy (non-hydrogen) atoms. The van der Waals surface area contributed by atoms with Gasteiger partial charge < -0.3 is 11.1 Å². The molecule has 0 fully saturated rings. The number of aryl methyl sites for hydroxylation is 1. The van der Waals surface area contributed by atoms with E-state index >= 15 is 0 Å². The fraction of sp³-hybridized carbons (Fsp3) is 0.133. The summed E-state index contributed by atoms with van der Waals surface area (Å²) in [4.78, 5) is 30.5. The minimum Gasteiger partial charge on any atom is -0.383 e. The molecule has 5 heterocycles. The maximum absolute atomic E-state index is 13.8. The Balaban J connectivity index is 1.29. The molecule has 0 saturated carbocycles. The summed E-state index contributed by atoms with van der Waals surface area (Å²) in [6.07, 6.45) is 2.85. The zero-order chi connectivity index (χ0) is 30.5. The fourth-order valence-corrected chi connectivity index (χ4v) is 5.85. The van der Waals surface area contributed by atoms with Gasteiger partial charge in [-0.05, 0) is 82.4 Å². The Labute approximate surface area is 255 Å². The number of pyridine rings is 3. The molecule has 6 aromatic rings. The Hall–Kier alpha value is -5.11. The van der Waals surface area contributed by atoms with Crippen molar-refractivity contribution in [2.75, 3.05) is 5.73 Å². The summed E-state index contributed by atoms with van der Waals surface area (Å²) in [6, 6.07) is 14.6. The van der Waals surface area contributed by atoms with E-state index in [0.29, 0.717) is 45.7 Å². The number of benzene rings is 1. The molecule has 220 valence electrons. The van der Waals surface area contributed by atoms with E-state index in [4.69, 9.17) is 15.7 Å². The van der Waals surface area contributed by atoms with Crippen molar-refractivity contribution in [3.8, 4) is 22.9 Å². The molecule has 0 spiro atoms. The molecular formula is C30H21BrF3N9O. The van der Waals surface area contributed by atoms with Gasteiger partial charge >= 0.3 is 0 Å². The topological polar surface area (TPSA) is 129 Å². The molecule has 0 bridgehead atoms. The van der Waals surface area contributed by atoms with E-state index in [2.05, 4.69) is 36.3 Å². The highest BCUT2D eigenvalue weighted by molar-refractivity contribution is 9.10. The van der Waals surface area contributed by atoms with E-state index in [1.54, 1.807) is 18.3 Å². The molecular weight excluding hydrogens is 639 g/mol. The molecule has 1 aromatic carbocycles. The predicted molar refractivity (Wildman–Crippen MR) is 159 cm³/mol. The first kappa shape index (κ1) is 27.7. The van der Waals surface area contributed by atoms with Gasteiger partial charge in [0.15, 0.2) is 17.3 Å². The van der Waals surface area contributed by atoms with E-state index in [1.807, 2.05) is 28.8 Å². The number of carbonyl (C=O) groups excluding carboxylic acids is 1. The molecule has 1 aliphatic carbocycles. The van der Waals surface area contributed by atoms with Crippen LogP contribution in [0.4, 0.5) is 19.0 Å². The summed E-state index contributed by atoms with van der Waals surface area (Å²) in [7, 11) is 0. The van der Waals surface area contributed by atoms with Crippen LogP contribution in [0.3, 0.4) is 0 Å². The number of fused-ring (bicyclic) bond motifs is 2. The maximum atomic E-state index is 13.8. The number of halogens is 4. The van der Waals surface area contributed by atoms with Crippen molar-refractivity contribution in [1.29, 1.82) is 0 Å². The van der Waals surface area contributed by atoms with Gasteiger partial charge in [0.1, 0.15) is 17.0 Å². The minimum atomic E-state index is -2.71. The number of rotatable bonds is 6. The van der Waals surface area contributed by atoms with Crippen molar-refractivity contribution < 1.29 is 18.0 Å². The number of nitrogens with one attached hydrogen (secondary N) is 1. The fourth-order valence-electron chi connectivity index (χ4n) is 5.38. The number of aromatic nitrogens is 7. The van der Waals surface area contributed by atoms with Crippen molar-refractivity contribution in [3.05, 3.63) is 106 Å². The third-order valence-electron chi connectivity index (χ3n) is 7.47. The van der Waals surface area contributed by atoms with Crippen LogP contribution in [0.2, 0.25) is 0 Å². The Kier molecular flexibility index (Phi) is 6.84. The number of nitrogen functional groups attached to an aromatic ring is 1. The van der Waals surface area contributed by atoms with Crippen molar-refractivity contribution in [3.63, 3.8) is 0 Å².